The molecule has 25 heavy (non-hydrogen) atoms. The van der Waals surface area contributed by atoms with Crippen LogP contribution in [0.1, 0.15) is 20.8 Å². The molecule has 138 valence electrons. The maximum absolute atomic E-state index is 12.2. The van der Waals surface area contributed by atoms with Gasteiger partial charge in [0.1, 0.15) is 18.0 Å². The fraction of sp³-hybridized carbons (Fsp3) is 0.600. The molecule has 0 aromatic rings. The van der Waals surface area contributed by atoms with Crippen molar-refractivity contribution in [2.45, 2.75) is 33.0 Å². The standard InChI is InChI=1S/C15H21N3O7/c1-4-22-13(19)10-7-9(8-16)25-12(18-15(21)24-6-3)11(10)17-14(20)23-5-2/h7,10-12H,4-6H2,1-3H3,(H,17,20)(H,18,21)/t10-,11-,12+/m0/s1. The minimum atomic E-state index is -1.22. The predicted octanol–water partition coefficient (Wildman–Crippen LogP) is 0.790. The van der Waals surface area contributed by atoms with Crippen LogP contribution in [-0.2, 0) is 23.7 Å². The summed E-state index contributed by atoms with van der Waals surface area (Å²) in [6.07, 6.45) is -1.64. The van der Waals surface area contributed by atoms with E-state index in [2.05, 4.69) is 10.6 Å². The van der Waals surface area contributed by atoms with E-state index in [1.165, 1.54) is 6.08 Å². The first kappa shape index (κ1) is 20.1. The second-order valence-electron chi connectivity index (χ2n) is 4.71. The molecule has 2 N–H and O–H groups in total. The Morgan fingerprint density at radius 3 is 2.16 bits per heavy atom. The van der Waals surface area contributed by atoms with Crippen LogP contribution < -0.4 is 10.6 Å². The van der Waals surface area contributed by atoms with Gasteiger partial charge in [0.15, 0.2) is 12.0 Å². The lowest BCUT2D eigenvalue weighted by atomic mass is 9.95. The van der Waals surface area contributed by atoms with Crippen molar-refractivity contribution >= 4 is 18.2 Å². The number of alkyl carbamates (subject to hydrolysis) is 2. The lowest BCUT2D eigenvalue weighted by Gasteiger charge is -2.34. The second-order valence-corrected chi connectivity index (χ2v) is 4.71. The zero-order chi connectivity index (χ0) is 18.8. The van der Waals surface area contributed by atoms with Crippen LogP contribution in [0.15, 0.2) is 11.8 Å². The zero-order valence-corrected chi connectivity index (χ0v) is 14.2. The van der Waals surface area contributed by atoms with E-state index < -0.39 is 36.3 Å². The molecule has 0 bridgehead atoms. The van der Waals surface area contributed by atoms with E-state index in [0.717, 1.165) is 0 Å². The van der Waals surface area contributed by atoms with Gasteiger partial charge in [-0.05, 0) is 26.8 Å². The molecule has 1 aliphatic rings. The number of allylic oxidation sites excluding steroid dienone is 1. The number of carbonyl (C=O) groups excluding carboxylic acids is 3. The molecule has 0 radical (unpaired) electrons. The van der Waals surface area contributed by atoms with Gasteiger partial charge in [-0.15, -0.1) is 0 Å². The van der Waals surface area contributed by atoms with Gasteiger partial charge in [-0.3, -0.25) is 10.1 Å². The molecule has 0 fully saturated rings. The normalized spacial score (nSPS) is 21.7. The topological polar surface area (TPSA) is 136 Å². The molecule has 0 aromatic carbocycles. The highest BCUT2D eigenvalue weighted by molar-refractivity contribution is 5.78. The number of nitrogens with one attached hydrogen (secondary N) is 2. The van der Waals surface area contributed by atoms with Crippen molar-refractivity contribution in [2.24, 2.45) is 5.92 Å². The molecule has 2 amide bonds. The first-order valence-electron chi connectivity index (χ1n) is 7.78. The molecule has 0 aromatic heterocycles. The zero-order valence-electron chi connectivity index (χ0n) is 14.2. The van der Waals surface area contributed by atoms with Gasteiger partial charge >= 0.3 is 18.2 Å². The number of hydrogen-bond donors (Lipinski definition) is 2. The number of nitrogens with zero attached hydrogens (tertiary/aromatic N) is 1. The van der Waals surface area contributed by atoms with Crippen LogP contribution in [0.4, 0.5) is 9.59 Å². The molecule has 1 aliphatic heterocycles. The summed E-state index contributed by atoms with van der Waals surface area (Å²) in [4.78, 5) is 35.7. The Kier molecular flexibility index (Phi) is 8.05. The van der Waals surface area contributed by atoms with Gasteiger partial charge < -0.3 is 24.3 Å². The van der Waals surface area contributed by atoms with Crippen molar-refractivity contribution in [3.05, 3.63) is 11.8 Å². The van der Waals surface area contributed by atoms with Crippen molar-refractivity contribution in [1.82, 2.24) is 10.6 Å². The molecule has 3 atom stereocenters. The van der Waals surface area contributed by atoms with Crippen molar-refractivity contribution in [3.8, 4) is 6.07 Å². The monoisotopic (exact) mass is 355 g/mol. The second kappa shape index (κ2) is 10.0. The lowest BCUT2D eigenvalue weighted by Crippen LogP contribution is -2.59. The average Bonchev–Trinajstić information content (AvgIpc) is 2.56. The molecule has 10 nitrogen and oxygen atoms in total. The maximum atomic E-state index is 12.2. The highest BCUT2D eigenvalue weighted by Gasteiger charge is 2.42. The van der Waals surface area contributed by atoms with Crippen LogP contribution in [0.2, 0.25) is 0 Å². The Morgan fingerprint density at radius 1 is 1.08 bits per heavy atom. The van der Waals surface area contributed by atoms with Gasteiger partial charge in [0.2, 0.25) is 0 Å². The van der Waals surface area contributed by atoms with Crippen LogP contribution in [0.5, 0.6) is 0 Å². The van der Waals surface area contributed by atoms with E-state index in [1.807, 2.05) is 0 Å². The van der Waals surface area contributed by atoms with Gasteiger partial charge in [0, 0.05) is 0 Å². The highest BCUT2D eigenvalue weighted by atomic mass is 16.6. The summed E-state index contributed by atoms with van der Waals surface area (Å²) in [5.74, 6) is -1.93. The summed E-state index contributed by atoms with van der Waals surface area (Å²) >= 11 is 0. The highest BCUT2D eigenvalue weighted by Crippen LogP contribution is 2.23. The molecular weight excluding hydrogens is 334 g/mol. The fourth-order valence-electron chi connectivity index (χ4n) is 2.10. The minimum Gasteiger partial charge on any atom is -0.465 e. The number of carbonyl (C=O) groups is 3. The van der Waals surface area contributed by atoms with Gasteiger partial charge in [0.05, 0.1) is 19.8 Å². The third kappa shape index (κ3) is 5.87. The van der Waals surface area contributed by atoms with Gasteiger partial charge in [0.25, 0.3) is 0 Å². The summed E-state index contributed by atoms with van der Waals surface area (Å²) in [5.41, 5.74) is 0. The number of hydrogen-bond acceptors (Lipinski definition) is 8. The van der Waals surface area contributed by atoms with Crippen LogP contribution in [0.3, 0.4) is 0 Å². The molecular formula is C15H21N3O7. The average molecular weight is 355 g/mol. The van der Waals surface area contributed by atoms with E-state index in [-0.39, 0.29) is 25.6 Å². The summed E-state index contributed by atoms with van der Waals surface area (Å²) < 4.78 is 19.8. The Labute approximate surface area is 145 Å². The van der Waals surface area contributed by atoms with Gasteiger partial charge in [-0.1, -0.05) is 0 Å². The molecule has 1 rings (SSSR count). The fourth-order valence-corrected chi connectivity index (χ4v) is 2.10. The third-order valence-electron chi connectivity index (χ3n) is 3.06. The summed E-state index contributed by atoms with van der Waals surface area (Å²) in [6.45, 7) is 5.16. The molecule has 0 spiro atoms. The van der Waals surface area contributed by atoms with Crippen LogP contribution >= 0.6 is 0 Å². The lowest BCUT2D eigenvalue weighted by molar-refractivity contribution is -0.149. The number of ether oxygens (including phenoxy) is 4. The molecule has 1 heterocycles. The molecule has 0 saturated heterocycles. The Hall–Kier alpha value is -2.96. The van der Waals surface area contributed by atoms with Crippen LogP contribution in [0.25, 0.3) is 0 Å². The SMILES string of the molecule is CCOC(=O)N[C@@H]1[C@H](NC(=O)OCC)OC(C#N)=C[C@@H]1C(=O)OCC. The maximum Gasteiger partial charge on any atom is 0.410 e. The minimum absolute atomic E-state index is 0.105. The number of amides is 2. The Bertz CT molecular complexity index is 570. The summed E-state index contributed by atoms with van der Waals surface area (Å²) in [7, 11) is 0. The predicted molar refractivity (Wildman–Crippen MR) is 82.8 cm³/mol. The van der Waals surface area contributed by atoms with Gasteiger partial charge in [-0.2, -0.15) is 5.26 Å². The number of rotatable bonds is 6. The molecule has 0 unspecified atom stereocenters. The molecule has 10 heteroatoms. The van der Waals surface area contributed by atoms with Crippen LogP contribution in [-0.4, -0.2) is 50.2 Å². The molecule has 0 aliphatic carbocycles. The summed E-state index contributed by atoms with van der Waals surface area (Å²) in [6, 6.07) is 0.704. The number of nitriles is 1. The largest absolute Gasteiger partial charge is 0.465 e. The Morgan fingerprint density at radius 2 is 1.64 bits per heavy atom. The third-order valence-corrected chi connectivity index (χ3v) is 3.06. The van der Waals surface area contributed by atoms with E-state index in [4.69, 9.17) is 24.2 Å². The van der Waals surface area contributed by atoms with E-state index in [9.17, 15) is 14.4 Å². The van der Waals surface area contributed by atoms with E-state index in [1.54, 1.807) is 26.8 Å². The van der Waals surface area contributed by atoms with Crippen molar-refractivity contribution in [2.75, 3.05) is 19.8 Å². The smallest absolute Gasteiger partial charge is 0.410 e. The Balaban J connectivity index is 3.10. The van der Waals surface area contributed by atoms with E-state index >= 15 is 0 Å². The van der Waals surface area contributed by atoms with Crippen molar-refractivity contribution < 1.29 is 33.3 Å². The van der Waals surface area contributed by atoms with Crippen molar-refractivity contribution in [1.29, 1.82) is 5.26 Å². The quantitative estimate of drug-likeness (QED) is 0.527. The molecule has 0 saturated carbocycles. The summed E-state index contributed by atoms with van der Waals surface area (Å²) in [5, 5.41) is 13.9. The number of esters is 1. The van der Waals surface area contributed by atoms with E-state index in [0.29, 0.717) is 0 Å². The van der Waals surface area contributed by atoms with Crippen molar-refractivity contribution in [3.63, 3.8) is 0 Å². The van der Waals surface area contributed by atoms with Crippen LogP contribution in [0, 0.1) is 17.2 Å². The first-order chi connectivity index (χ1) is 12.0. The van der Waals surface area contributed by atoms with Gasteiger partial charge in [-0.25, -0.2) is 9.59 Å². The first-order valence-corrected chi connectivity index (χ1v) is 7.78.